The van der Waals surface area contributed by atoms with Crippen LogP contribution in [-0.4, -0.2) is 39.7 Å². The number of aromatic nitrogens is 2. The van der Waals surface area contributed by atoms with Crippen molar-refractivity contribution >= 4 is 11.3 Å². The molecule has 4 rings (SSSR count). The van der Waals surface area contributed by atoms with Crippen molar-refractivity contribution in [1.82, 2.24) is 14.9 Å². The molecule has 3 aromatic rings. The third kappa shape index (κ3) is 5.47. The number of pyridine rings is 1. The van der Waals surface area contributed by atoms with Gasteiger partial charge in [-0.1, -0.05) is 18.2 Å². The van der Waals surface area contributed by atoms with Crippen molar-refractivity contribution < 1.29 is 14.2 Å². The first-order valence-corrected chi connectivity index (χ1v) is 11.5. The summed E-state index contributed by atoms with van der Waals surface area (Å²) in [6.07, 6.45) is 4.72. The van der Waals surface area contributed by atoms with Gasteiger partial charge in [-0.05, 0) is 57.0 Å². The number of hydrogen-bond acceptors (Lipinski definition) is 6. The van der Waals surface area contributed by atoms with E-state index in [9.17, 15) is 9.50 Å². The number of likely N-dealkylation sites (tertiary alicyclic amines) is 1. The van der Waals surface area contributed by atoms with Crippen LogP contribution in [0.15, 0.2) is 48.7 Å². The van der Waals surface area contributed by atoms with E-state index in [2.05, 4.69) is 9.88 Å². The third-order valence-corrected chi connectivity index (χ3v) is 7.14. The number of aryl methyl sites for hydroxylation is 1. The standard InChI is InChI=1S/C24H28FN3O2S/c1-18-22(10-16-30-21-9-3-2-8-20(21)25)31-23(27-18)24(29)11-6-14-28(15-12-24)17-19-7-4-5-13-26-19/h2-5,7-9,13,29H,6,10-12,14-17H2,1H3/t24-/m1/s1. The Morgan fingerprint density at radius 1 is 1.16 bits per heavy atom. The summed E-state index contributed by atoms with van der Waals surface area (Å²) in [5, 5.41) is 12.2. The van der Waals surface area contributed by atoms with Crippen LogP contribution in [0.25, 0.3) is 0 Å². The van der Waals surface area contributed by atoms with Crippen LogP contribution in [0.4, 0.5) is 4.39 Å². The maximum absolute atomic E-state index is 13.7. The zero-order valence-corrected chi connectivity index (χ0v) is 18.6. The Bertz CT molecular complexity index is 997. The van der Waals surface area contributed by atoms with E-state index in [4.69, 9.17) is 9.72 Å². The van der Waals surface area contributed by atoms with Gasteiger partial charge < -0.3 is 9.84 Å². The molecule has 0 unspecified atom stereocenters. The molecule has 0 amide bonds. The van der Waals surface area contributed by atoms with E-state index in [1.165, 1.54) is 6.07 Å². The minimum Gasteiger partial charge on any atom is -0.490 e. The van der Waals surface area contributed by atoms with Gasteiger partial charge in [0.05, 0.1) is 18.0 Å². The summed E-state index contributed by atoms with van der Waals surface area (Å²) < 4.78 is 19.3. The van der Waals surface area contributed by atoms with Crippen LogP contribution >= 0.6 is 11.3 Å². The molecule has 0 bridgehead atoms. The lowest BCUT2D eigenvalue weighted by Gasteiger charge is -2.24. The number of para-hydroxylation sites is 1. The summed E-state index contributed by atoms with van der Waals surface area (Å²) in [7, 11) is 0. The van der Waals surface area contributed by atoms with Gasteiger partial charge >= 0.3 is 0 Å². The second-order valence-electron chi connectivity index (χ2n) is 8.04. The minimum atomic E-state index is -0.904. The molecule has 1 atom stereocenters. The predicted molar refractivity (Wildman–Crippen MR) is 120 cm³/mol. The third-order valence-electron chi connectivity index (χ3n) is 5.73. The number of thiazole rings is 1. The van der Waals surface area contributed by atoms with Crippen molar-refractivity contribution in [3.8, 4) is 5.75 Å². The first-order chi connectivity index (χ1) is 15.0. The fourth-order valence-corrected chi connectivity index (χ4v) is 5.13. The second kappa shape index (κ2) is 9.85. The molecule has 0 spiro atoms. The van der Waals surface area contributed by atoms with Crippen molar-refractivity contribution in [3.63, 3.8) is 0 Å². The smallest absolute Gasteiger partial charge is 0.165 e. The highest BCUT2D eigenvalue weighted by Gasteiger charge is 2.35. The largest absolute Gasteiger partial charge is 0.490 e. The van der Waals surface area contributed by atoms with Gasteiger partial charge in [0, 0.05) is 30.6 Å². The summed E-state index contributed by atoms with van der Waals surface area (Å²) in [6, 6.07) is 12.4. The molecule has 3 heterocycles. The SMILES string of the molecule is Cc1nc([C@@]2(O)CCCN(Cc3ccccn3)CC2)sc1CCOc1ccccc1F. The minimum absolute atomic E-state index is 0.264. The molecule has 1 fully saturated rings. The monoisotopic (exact) mass is 441 g/mol. The van der Waals surface area contributed by atoms with E-state index in [0.29, 0.717) is 25.9 Å². The van der Waals surface area contributed by atoms with E-state index in [1.54, 1.807) is 29.5 Å². The summed E-state index contributed by atoms with van der Waals surface area (Å²) in [6.45, 7) is 4.88. The molecule has 1 aliphatic heterocycles. The average Bonchev–Trinajstić information content (AvgIpc) is 3.04. The Balaban J connectivity index is 1.37. The molecular formula is C24H28FN3O2S. The number of aliphatic hydroxyl groups is 1. The van der Waals surface area contributed by atoms with Crippen molar-refractivity contribution in [2.75, 3.05) is 19.7 Å². The van der Waals surface area contributed by atoms with Crippen LogP contribution in [0, 0.1) is 12.7 Å². The summed E-state index contributed by atoms with van der Waals surface area (Å²) in [5.74, 6) is -0.0903. The highest BCUT2D eigenvalue weighted by Crippen LogP contribution is 2.37. The van der Waals surface area contributed by atoms with Gasteiger partial charge in [0.25, 0.3) is 0 Å². The molecule has 5 nitrogen and oxygen atoms in total. The molecule has 1 saturated heterocycles. The Morgan fingerprint density at radius 3 is 2.81 bits per heavy atom. The lowest BCUT2D eigenvalue weighted by molar-refractivity contribution is 0.0206. The van der Waals surface area contributed by atoms with E-state index in [0.717, 1.165) is 47.3 Å². The summed E-state index contributed by atoms with van der Waals surface area (Å²) >= 11 is 1.55. The Labute approximate surface area is 186 Å². The van der Waals surface area contributed by atoms with Crippen LogP contribution < -0.4 is 4.74 Å². The first kappa shape index (κ1) is 21.9. The zero-order valence-electron chi connectivity index (χ0n) is 17.8. The maximum Gasteiger partial charge on any atom is 0.165 e. The van der Waals surface area contributed by atoms with Crippen LogP contribution in [0.2, 0.25) is 0 Å². The molecule has 7 heteroatoms. The Morgan fingerprint density at radius 2 is 2.00 bits per heavy atom. The van der Waals surface area contributed by atoms with Crippen molar-refractivity contribution in [2.24, 2.45) is 0 Å². The number of nitrogens with zero attached hydrogens (tertiary/aromatic N) is 3. The first-order valence-electron chi connectivity index (χ1n) is 10.7. The van der Waals surface area contributed by atoms with Crippen LogP contribution in [-0.2, 0) is 18.6 Å². The van der Waals surface area contributed by atoms with Gasteiger partial charge in [0.2, 0.25) is 0 Å². The number of rotatable bonds is 7. The highest BCUT2D eigenvalue weighted by atomic mass is 32.1. The fraction of sp³-hybridized carbons (Fsp3) is 0.417. The summed E-state index contributed by atoms with van der Waals surface area (Å²) in [4.78, 5) is 12.6. The molecule has 1 N–H and O–H groups in total. The molecule has 0 aliphatic carbocycles. The van der Waals surface area contributed by atoms with Gasteiger partial charge in [-0.25, -0.2) is 9.37 Å². The predicted octanol–water partition coefficient (Wildman–Crippen LogP) is 4.48. The number of benzene rings is 1. The Hall–Kier alpha value is -2.35. The molecule has 1 aliphatic rings. The fourth-order valence-electron chi connectivity index (χ4n) is 3.94. The van der Waals surface area contributed by atoms with Gasteiger partial charge in [0.15, 0.2) is 11.6 Å². The van der Waals surface area contributed by atoms with Crippen molar-refractivity contribution in [1.29, 1.82) is 0 Å². The van der Waals surface area contributed by atoms with Gasteiger partial charge in [0.1, 0.15) is 10.6 Å². The van der Waals surface area contributed by atoms with E-state index in [-0.39, 0.29) is 11.6 Å². The average molecular weight is 442 g/mol. The molecule has 0 saturated carbocycles. The molecule has 1 aromatic carbocycles. The lowest BCUT2D eigenvalue weighted by atomic mass is 9.96. The maximum atomic E-state index is 13.7. The second-order valence-corrected chi connectivity index (χ2v) is 9.12. The van der Waals surface area contributed by atoms with E-state index in [1.807, 2.05) is 31.3 Å². The van der Waals surface area contributed by atoms with Gasteiger partial charge in [-0.15, -0.1) is 11.3 Å². The molecular weight excluding hydrogens is 413 g/mol. The number of halogens is 1. The number of ether oxygens (including phenoxy) is 1. The van der Waals surface area contributed by atoms with Crippen LogP contribution in [0.5, 0.6) is 5.75 Å². The molecule has 2 aromatic heterocycles. The normalized spacial score (nSPS) is 19.8. The van der Waals surface area contributed by atoms with E-state index < -0.39 is 5.60 Å². The van der Waals surface area contributed by atoms with Crippen molar-refractivity contribution in [2.45, 2.75) is 44.8 Å². The molecule has 0 radical (unpaired) electrons. The molecule has 164 valence electrons. The van der Waals surface area contributed by atoms with Gasteiger partial charge in [-0.2, -0.15) is 0 Å². The lowest BCUT2D eigenvalue weighted by Crippen LogP contribution is -2.29. The zero-order chi connectivity index (χ0) is 21.7. The van der Waals surface area contributed by atoms with Crippen LogP contribution in [0.1, 0.15) is 40.5 Å². The van der Waals surface area contributed by atoms with Crippen LogP contribution in [0.3, 0.4) is 0 Å². The summed E-state index contributed by atoms with van der Waals surface area (Å²) in [5.41, 5.74) is 1.06. The topological polar surface area (TPSA) is 58.5 Å². The van der Waals surface area contributed by atoms with E-state index >= 15 is 0 Å². The number of hydrogen-bond donors (Lipinski definition) is 1. The van der Waals surface area contributed by atoms with Crippen molar-refractivity contribution in [3.05, 3.63) is 75.8 Å². The van der Waals surface area contributed by atoms with Gasteiger partial charge in [-0.3, -0.25) is 9.88 Å². The Kier molecular flexibility index (Phi) is 6.95. The quantitative estimate of drug-likeness (QED) is 0.586. The highest BCUT2D eigenvalue weighted by molar-refractivity contribution is 7.11. The molecule has 31 heavy (non-hydrogen) atoms.